The zero-order valence-electron chi connectivity index (χ0n) is 19.4. The van der Waals surface area contributed by atoms with Gasteiger partial charge in [0.25, 0.3) is 5.91 Å². The Morgan fingerprint density at radius 3 is 2.36 bits per heavy atom. The fourth-order valence-corrected chi connectivity index (χ4v) is 3.84. The van der Waals surface area contributed by atoms with Gasteiger partial charge in [0.1, 0.15) is 17.8 Å². The number of aryl methyl sites for hydroxylation is 1. The van der Waals surface area contributed by atoms with Gasteiger partial charge in [0.05, 0.1) is 11.9 Å². The molecule has 2 amide bonds. The Bertz CT molecular complexity index is 1100. The molecule has 0 spiro atoms. The maximum atomic E-state index is 13.0. The normalized spacial score (nSPS) is 13.9. The number of piperazine rings is 1. The summed E-state index contributed by atoms with van der Waals surface area (Å²) < 4.78 is 1.72. The van der Waals surface area contributed by atoms with Gasteiger partial charge in [-0.2, -0.15) is 0 Å². The molecule has 0 radical (unpaired) electrons. The van der Waals surface area contributed by atoms with Crippen molar-refractivity contribution >= 4 is 23.2 Å². The standard InChI is InChI=1S/C25H30N6O2/c1-18(2)14-24(32)28-20-6-9-23(26-15-20)31-16-22(27-17-31)25(33)30-12-10-29(11-13-30)21-7-4-19(3)5-8-21/h4-9,15-18H,10-14H2,1-3H3,(H,28,32). The second kappa shape index (κ2) is 9.85. The number of amides is 2. The van der Waals surface area contributed by atoms with Crippen molar-refractivity contribution in [3.8, 4) is 5.82 Å². The summed E-state index contributed by atoms with van der Waals surface area (Å²) in [6, 6.07) is 12.1. The summed E-state index contributed by atoms with van der Waals surface area (Å²) in [5.41, 5.74) is 3.47. The van der Waals surface area contributed by atoms with Crippen LogP contribution in [-0.2, 0) is 4.79 Å². The minimum atomic E-state index is -0.0742. The molecule has 33 heavy (non-hydrogen) atoms. The highest BCUT2D eigenvalue weighted by atomic mass is 16.2. The van der Waals surface area contributed by atoms with Crippen molar-refractivity contribution in [1.82, 2.24) is 19.4 Å². The SMILES string of the molecule is Cc1ccc(N2CCN(C(=O)c3cn(-c4ccc(NC(=O)CC(C)C)cn4)cn3)CC2)cc1. The van der Waals surface area contributed by atoms with E-state index in [0.29, 0.717) is 42.6 Å². The third-order valence-corrected chi connectivity index (χ3v) is 5.66. The van der Waals surface area contributed by atoms with Crippen LogP contribution in [0.2, 0.25) is 0 Å². The van der Waals surface area contributed by atoms with Crippen LogP contribution in [-0.4, -0.2) is 57.4 Å². The van der Waals surface area contributed by atoms with Gasteiger partial charge >= 0.3 is 0 Å². The van der Waals surface area contributed by atoms with E-state index < -0.39 is 0 Å². The summed E-state index contributed by atoms with van der Waals surface area (Å²) in [7, 11) is 0. The molecular formula is C25H30N6O2. The number of hydrogen-bond acceptors (Lipinski definition) is 5. The Hall–Kier alpha value is -3.68. The van der Waals surface area contributed by atoms with E-state index in [1.54, 1.807) is 35.4 Å². The molecule has 1 aliphatic heterocycles. The van der Waals surface area contributed by atoms with Crippen LogP contribution in [0.4, 0.5) is 11.4 Å². The predicted octanol–water partition coefficient (Wildman–Crippen LogP) is 3.52. The molecule has 8 heteroatoms. The van der Waals surface area contributed by atoms with Crippen LogP contribution in [0, 0.1) is 12.8 Å². The number of hydrogen-bond donors (Lipinski definition) is 1. The van der Waals surface area contributed by atoms with Crippen molar-refractivity contribution < 1.29 is 9.59 Å². The van der Waals surface area contributed by atoms with E-state index in [1.165, 1.54) is 11.3 Å². The highest BCUT2D eigenvalue weighted by Crippen LogP contribution is 2.18. The predicted molar refractivity (Wildman–Crippen MR) is 129 cm³/mol. The number of nitrogens with zero attached hydrogens (tertiary/aromatic N) is 5. The van der Waals surface area contributed by atoms with Gasteiger partial charge in [0.15, 0.2) is 0 Å². The summed E-state index contributed by atoms with van der Waals surface area (Å²) in [6.07, 6.45) is 5.37. The molecule has 1 N–H and O–H groups in total. The van der Waals surface area contributed by atoms with Gasteiger partial charge in [-0.25, -0.2) is 9.97 Å². The summed E-state index contributed by atoms with van der Waals surface area (Å²) >= 11 is 0. The van der Waals surface area contributed by atoms with Crippen molar-refractivity contribution in [1.29, 1.82) is 0 Å². The quantitative estimate of drug-likeness (QED) is 0.626. The van der Waals surface area contributed by atoms with E-state index in [4.69, 9.17) is 0 Å². The van der Waals surface area contributed by atoms with Gasteiger partial charge in [-0.05, 0) is 37.1 Å². The van der Waals surface area contributed by atoms with Crippen molar-refractivity contribution in [2.75, 3.05) is 36.4 Å². The largest absolute Gasteiger partial charge is 0.368 e. The smallest absolute Gasteiger partial charge is 0.274 e. The number of imidazole rings is 1. The first-order valence-electron chi connectivity index (χ1n) is 11.3. The molecule has 0 atom stereocenters. The molecule has 0 saturated carbocycles. The van der Waals surface area contributed by atoms with E-state index in [0.717, 1.165) is 13.1 Å². The second-order valence-corrected chi connectivity index (χ2v) is 8.83. The van der Waals surface area contributed by atoms with Crippen LogP contribution in [0.5, 0.6) is 0 Å². The molecule has 3 aromatic rings. The number of aromatic nitrogens is 3. The average Bonchev–Trinajstić information content (AvgIpc) is 3.29. The van der Waals surface area contributed by atoms with E-state index in [9.17, 15) is 9.59 Å². The molecule has 2 aromatic heterocycles. The summed E-state index contributed by atoms with van der Waals surface area (Å²) in [5, 5.41) is 2.85. The number of anilines is 2. The van der Waals surface area contributed by atoms with Gasteiger partial charge < -0.3 is 15.1 Å². The fraction of sp³-hybridized carbons (Fsp3) is 0.360. The number of carbonyl (C=O) groups is 2. The Morgan fingerprint density at radius 1 is 1.00 bits per heavy atom. The molecule has 1 saturated heterocycles. The summed E-state index contributed by atoms with van der Waals surface area (Å²) in [5.74, 6) is 0.824. The summed E-state index contributed by atoms with van der Waals surface area (Å²) in [4.78, 5) is 37.7. The molecule has 1 fully saturated rings. The van der Waals surface area contributed by atoms with Gasteiger partial charge in [-0.1, -0.05) is 31.5 Å². The van der Waals surface area contributed by atoms with Crippen LogP contribution in [0.25, 0.3) is 5.82 Å². The molecule has 172 valence electrons. The van der Waals surface area contributed by atoms with Crippen LogP contribution in [0.3, 0.4) is 0 Å². The van der Waals surface area contributed by atoms with Crippen LogP contribution in [0.1, 0.15) is 36.3 Å². The molecular weight excluding hydrogens is 416 g/mol. The number of benzene rings is 1. The minimum absolute atomic E-state index is 0.0301. The van der Waals surface area contributed by atoms with Crippen LogP contribution in [0.15, 0.2) is 55.1 Å². The van der Waals surface area contributed by atoms with Gasteiger partial charge in [0, 0.05) is 44.5 Å². The molecule has 8 nitrogen and oxygen atoms in total. The highest BCUT2D eigenvalue weighted by molar-refractivity contribution is 5.92. The lowest BCUT2D eigenvalue weighted by atomic mass is 10.1. The van der Waals surface area contributed by atoms with Crippen molar-refractivity contribution in [2.45, 2.75) is 27.2 Å². The topological polar surface area (TPSA) is 83.4 Å². The third-order valence-electron chi connectivity index (χ3n) is 5.66. The lowest BCUT2D eigenvalue weighted by molar-refractivity contribution is -0.116. The summed E-state index contributed by atoms with van der Waals surface area (Å²) in [6.45, 7) is 8.98. The number of carbonyl (C=O) groups excluding carboxylic acids is 2. The Balaban J connectivity index is 1.35. The minimum Gasteiger partial charge on any atom is -0.368 e. The van der Waals surface area contributed by atoms with Gasteiger partial charge in [0.2, 0.25) is 5.91 Å². The van der Waals surface area contributed by atoms with E-state index in [2.05, 4.69) is 51.4 Å². The molecule has 0 unspecified atom stereocenters. The van der Waals surface area contributed by atoms with Gasteiger partial charge in [-0.15, -0.1) is 0 Å². The maximum Gasteiger partial charge on any atom is 0.274 e. The van der Waals surface area contributed by atoms with E-state index in [-0.39, 0.29) is 11.8 Å². The molecule has 1 aromatic carbocycles. The fourth-order valence-electron chi connectivity index (χ4n) is 3.84. The van der Waals surface area contributed by atoms with Crippen molar-refractivity contribution in [3.05, 3.63) is 66.4 Å². The average molecular weight is 447 g/mol. The van der Waals surface area contributed by atoms with Crippen LogP contribution < -0.4 is 10.2 Å². The second-order valence-electron chi connectivity index (χ2n) is 8.83. The first kappa shape index (κ1) is 22.5. The Morgan fingerprint density at radius 2 is 1.73 bits per heavy atom. The number of nitrogens with one attached hydrogen (secondary N) is 1. The number of rotatable bonds is 6. The van der Waals surface area contributed by atoms with E-state index in [1.807, 2.05) is 18.7 Å². The zero-order chi connectivity index (χ0) is 23.4. The molecule has 3 heterocycles. The Labute approximate surface area is 194 Å². The lowest BCUT2D eigenvalue weighted by Gasteiger charge is -2.35. The van der Waals surface area contributed by atoms with E-state index >= 15 is 0 Å². The zero-order valence-corrected chi connectivity index (χ0v) is 19.4. The maximum absolute atomic E-state index is 13.0. The van der Waals surface area contributed by atoms with Crippen LogP contribution >= 0.6 is 0 Å². The number of pyridine rings is 1. The van der Waals surface area contributed by atoms with Crippen molar-refractivity contribution in [3.63, 3.8) is 0 Å². The van der Waals surface area contributed by atoms with Gasteiger partial charge in [-0.3, -0.25) is 14.2 Å². The highest BCUT2D eigenvalue weighted by Gasteiger charge is 2.24. The molecule has 0 bridgehead atoms. The molecule has 1 aliphatic rings. The molecule has 0 aliphatic carbocycles. The Kier molecular flexibility index (Phi) is 6.72. The lowest BCUT2D eigenvalue weighted by Crippen LogP contribution is -2.48. The first-order valence-corrected chi connectivity index (χ1v) is 11.3. The molecule has 4 rings (SSSR count). The third kappa shape index (κ3) is 5.58. The monoisotopic (exact) mass is 446 g/mol. The first-order chi connectivity index (χ1) is 15.9. The van der Waals surface area contributed by atoms with Crippen molar-refractivity contribution in [2.24, 2.45) is 5.92 Å².